The third-order valence-electron chi connectivity index (χ3n) is 5.06. The molecule has 3 rings (SSSR count). The quantitative estimate of drug-likeness (QED) is 0.619. The lowest BCUT2D eigenvalue weighted by atomic mass is 9.70. The summed E-state index contributed by atoms with van der Waals surface area (Å²) in [4.78, 5) is 0. The summed E-state index contributed by atoms with van der Waals surface area (Å²) in [6, 6.07) is 0. The molecule has 0 aliphatic heterocycles. The maximum atomic E-state index is 1.62. The standard InChI is InChI=1S/C14H24/c1-2-5-11(4-1)10-14(13-8-9-13)12-6-3-7-12/h11-14H,1-10H2. The van der Waals surface area contributed by atoms with Gasteiger partial charge < -0.3 is 0 Å². The van der Waals surface area contributed by atoms with Gasteiger partial charge in [-0.2, -0.15) is 0 Å². The highest BCUT2D eigenvalue weighted by Gasteiger charge is 2.39. The van der Waals surface area contributed by atoms with Crippen molar-refractivity contribution in [3.63, 3.8) is 0 Å². The Hall–Kier alpha value is 0. The van der Waals surface area contributed by atoms with Crippen molar-refractivity contribution in [2.45, 2.75) is 64.2 Å². The normalized spacial score (nSPS) is 31.7. The van der Waals surface area contributed by atoms with Gasteiger partial charge in [0, 0.05) is 0 Å². The summed E-state index contributed by atoms with van der Waals surface area (Å²) in [5.41, 5.74) is 0. The summed E-state index contributed by atoms with van der Waals surface area (Å²) < 4.78 is 0. The van der Waals surface area contributed by atoms with Crippen LogP contribution in [0.2, 0.25) is 0 Å². The summed E-state index contributed by atoms with van der Waals surface area (Å²) in [5, 5.41) is 0. The van der Waals surface area contributed by atoms with Gasteiger partial charge in [0.25, 0.3) is 0 Å². The summed E-state index contributed by atoms with van der Waals surface area (Å²) in [7, 11) is 0. The zero-order valence-corrected chi connectivity index (χ0v) is 9.38. The van der Waals surface area contributed by atoms with Gasteiger partial charge in [-0.1, -0.05) is 44.9 Å². The molecule has 0 aromatic rings. The highest BCUT2D eigenvalue weighted by atomic mass is 14.4. The van der Waals surface area contributed by atoms with Crippen LogP contribution in [0.4, 0.5) is 0 Å². The van der Waals surface area contributed by atoms with Crippen molar-refractivity contribution in [3.8, 4) is 0 Å². The van der Waals surface area contributed by atoms with Crippen molar-refractivity contribution < 1.29 is 0 Å². The molecule has 0 N–H and O–H groups in total. The number of hydrogen-bond donors (Lipinski definition) is 0. The van der Waals surface area contributed by atoms with Crippen LogP contribution in [0.5, 0.6) is 0 Å². The van der Waals surface area contributed by atoms with Gasteiger partial charge >= 0.3 is 0 Å². The third-order valence-corrected chi connectivity index (χ3v) is 5.06. The van der Waals surface area contributed by atoms with Gasteiger partial charge in [-0.25, -0.2) is 0 Å². The van der Waals surface area contributed by atoms with Crippen molar-refractivity contribution in [2.24, 2.45) is 23.7 Å². The SMILES string of the molecule is C1CCC(CC(C2CCC2)C2CC2)C1. The second-order valence-electron chi connectivity index (χ2n) is 6.08. The molecule has 0 bridgehead atoms. The molecule has 0 heterocycles. The maximum absolute atomic E-state index is 1.62. The average molecular weight is 192 g/mol. The summed E-state index contributed by atoms with van der Waals surface area (Å²) >= 11 is 0. The first-order valence-corrected chi connectivity index (χ1v) is 6.93. The van der Waals surface area contributed by atoms with Crippen molar-refractivity contribution in [2.75, 3.05) is 0 Å². The molecule has 0 spiro atoms. The molecule has 3 aliphatic rings. The van der Waals surface area contributed by atoms with Crippen molar-refractivity contribution in [1.82, 2.24) is 0 Å². The van der Waals surface area contributed by atoms with Crippen LogP contribution in [0, 0.1) is 23.7 Å². The molecular weight excluding hydrogens is 168 g/mol. The van der Waals surface area contributed by atoms with E-state index in [1.807, 2.05) is 0 Å². The Balaban J connectivity index is 1.54. The van der Waals surface area contributed by atoms with E-state index in [0.717, 1.165) is 5.92 Å². The van der Waals surface area contributed by atoms with E-state index in [0.29, 0.717) is 0 Å². The Morgan fingerprint density at radius 2 is 1.36 bits per heavy atom. The van der Waals surface area contributed by atoms with Crippen molar-refractivity contribution in [1.29, 1.82) is 0 Å². The first-order chi connectivity index (χ1) is 6.93. The van der Waals surface area contributed by atoms with E-state index in [-0.39, 0.29) is 0 Å². The summed E-state index contributed by atoms with van der Waals surface area (Å²) in [6.07, 6.45) is 15.7. The lowest BCUT2D eigenvalue weighted by Crippen LogP contribution is -2.25. The van der Waals surface area contributed by atoms with Crippen LogP contribution in [0.25, 0.3) is 0 Å². The highest BCUT2D eigenvalue weighted by molar-refractivity contribution is 4.90. The average Bonchev–Trinajstić information content (AvgIpc) is 2.82. The van der Waals surface area contributed by atoms with Gasteiger partial charge in [0.1, 0.15) is 0 Å². The molecule has 1 unspecified atom stereocenters. The topological polar surface area (TPSA) is 0 Å². The summed E-state index contributed by atoms with van der Waals surface area (Å²) in [5.74, 6) is 4.66. The van der Waals surface area contributed by atoms with Crippen molar-refractivity contribution in [3.05, 3.63) is 0 Å². The molecule has 0 saturated heterocycles. The van der Waals surface area contributed by atoms with Gasteiger partial charge in [-0.15, -0.1) is 0 Å². The Kier molecular flexibility index (Phi) is 2.55. The molecule has 3 fully saturated rings. The zero-order chi connectivity index (χ0) is 9.38. The van der Waals surface area contributed by atoms with Gasteiger partial charge in [0.05, 0.1) is 0 Å². The van der Waals surface area contributed by atoms with Gasteiger partial charge in [0.2, 0.25) is 0 Å². The molecular formula is C14H24. The Morgan fingerprint density at radius 3 is 1.86 bits per heavy atom. The lowest BCUT2D eigenvalue weighted by molar-refractivity contribution is 0.154. The maximum Gasteiger partial charge on any atom is -0.0355 e. The Morgan fingerprint density at radius 1 is 0.714 bits per heavy atom. The number of rotatable bonds is 4. The van der Waals surface area contributed by atoms with Crippen LogP contribution < -0.4 is 0 Å². The van der Waals surface area contributed by atoms with E-state index in [1.165, 1.54) is 30.6 Å². The molecule has 14 heavy (non-hydrogen) atoms. The molecule has 0 amide bonds. The van der Waals surface area contributed by atoms with Crippen LogP contribution in [0.1, 0.15) is 64.2 Å². The van der Waals surface area contributed by atoms with Gasteiger partial charge in [-0.3, -0.25) is 0 Å². The largest absolute Gasteiger partial charge is 0.0530 e. The predicted octanol–water partition coefficient (Wildman–Crippen LogP) is 4.39. The highest BCUT2D eigenvalue weighted by Crippen LogP contribution is 2.50. The van der Waals surface area contributed by atoms with E-state index in [4.69, 9.17) is 0 Å². The van der Waals surface area contributed by atoms with E-state index in [9.17, 15) is 0 Å². The summed E-state index contributed by atoms with van der Waals surface area (Å²) in [6.45, 7) is 0. The predicted molar refractivity (Wildman–Crippen MR) is 60.1 cm³/mol. The van der Waals surface area contributed by atoms with Crippen LogP contribution in [0.3, 0.4) is 0 Å². The number of hydrogen-bond acceptors (Lipinski definition) is 0. The van der Waals surface area contributed by atoms with Crippen molar-refractivity contribution >= 4 is 0 Å². The van der Waals surface area contributed by atoms with E-state index >= 15 is 0 Å². The molecule has 0 radical (unpaired) electrons. The van der Waals surface area contributed by atoms with Gasteiger partial charge in [-0.05, 0) is 42.9 Å². The zero-order valence-electron chi connectivity index (χ0n) is 9.38. The molecule has 0 aromatic heterocycles. The van der Waals surface area contributed by atoms with E-state index in [2.05, 4.69) is 0 Å². The van der Waals surface area contributed by atoms with E-state index in [1.54, 1.807) is 51.4 Å². The molecule has 0 heteroatoms. The lowest BCUT2D eigenvalue weighted by Gasteiger charge is -2.35. The first kappa shape index (κ1) is 9.24. The smallest absolute Gasteiger partial charge is 0.0355 e. The third kappa shape index (κ3) is 1.85. The minimum Gasteiger partial charge on any atom is -0.0530 e. The Bertz CT molecular complexity index is 182. The van der Waals surface area contributed by atoms with Crippen LogP contribution in [-0.4, -0.2) is 0 Å². The molecule has 3 aliphatic carbocycles. The molecule has 3 saturated carbocycles. The minimum absolute atomic E-state index is 1.14. The second-order valence-corrected chi connectivity index (χ2v) is 6.08. The van der Waals surface area contributed by atoms with E-state index < -0.39 is 0 Å². The molecule has 80 valence electrons. The Labute approximate surface area is 88.5 Å². The molecule has 1 atom stereocenters. The fourth-order valence-electron chi connectivity index (χ4n) is 3.79. The minimum atomic E-state index is 1.14. The monoisotopic (exact) mass is 192 g/mol. The molecule has 0 aromatic carbocycles. The second kappa shape index (κ2) is 3.87. The fourth-order valence-corrected chi connectivity index (χ4v) is 3.79. The molecule has 0 nitrogen and oxygen atoms in total. The van der Waals surface area contributed by atoms with Crippen LogP contribution in [-0.2, 0) is 0 Å². The van der Waals surface area contributed by atoms with Gasteiger partial charge in [0.15, 0.2) is 0 Å². The van der Waals surface area contributed by atoms with Crippen LogP contribution >= 0.6 is 0 Å². The fraction of sp³-hybridized carbons (Fsp3) is 1.00. The van der Waals surface area contributed by atoms with Crippen LogP contribution in [0.15, 0.2) is 0 Å². The first-order valence-electron chi connectivity index (χ1n) is 6.93.